The second-order valence-electron chi connectivity index (χ2n) is 5.91. The molecule has 3 rings (SSSR count). The van der Waals surface area contributed by atoms with E-state index in [9.17, 15) is 9.90 Å². The molecule has 0 aliphatic carbocycles. The van der Waals surface area contributed by atoms with Crippen molar-refractivity contribution in [2.45, 2.75) is 26.4 Å². The van der Waals surface area contributed by atoms with Crippen molar-refractivity contribution in [1.82, 2.24) is 4.90 Å². The zero-order valence-corrected chi connectivity index (χ0v) is 14.9. The maximum Gasteiger partial charge on any atom is 0.322 e. The number of thiophene rings is 1. The van der Waals surface area contributed by atoms with Gasteiger partial charge in [0.05, 0.1) is 7.11 Å². The third-order valence-corrected chi connectivity index (χ3v) is 5.31. The van der Waals surface area contributed by atoms with Crippen LogP contribution in [-0.2, 0) is 16.1 Å². The number of hydrogen-bond acceptors (Lipinski definition) is 6. The highest BCUT2D eigenvalue weighted by Crippen LogP contribution is 2.39. The predicted molar refractivity (Wildman–Crippen MR) is 93.5 cm³/mol. The number of phenolic OH excluding ortho intramolecular Hbond substituents is 1. The van der Waals surface area contributed by atoms with Gasteiger partial charge in [0.15, 0.2) is 11.5 Å². The number of phenols is 1. The molecule has 1 aliphatic heterocycles. The molecule has 2 heterocycles. The lowest BCUT2D eigenvalue weighted by molar-refractivity contribution is -0.146. The van der Waals surface area contributed by atoms with Gasteiger partial charge >= 0.3 is 5.97 Å². The van der Waals surface area contributed by atoms with E-state index in [1.54, 1.807) is 17.4 Å². The van der Waals surface area contributed by atoms with Gasteiger partial charge in [-0.25, -0.2) is 0 Å². The van der Waals surface area contributed by atoms with Gasteiger partial charge in [0.1, 0.15) is 12.6 Å². The van der Waals surface area contributed by atoms with Crippen molar-refractivity contribution in [3.05, 3.63) is 34.7 Å². The highest BCUT2D eigenvalue weighted by atomic mass is 32.1. The number of nitrogens with zero attached hydrogens (tertiary/aromatic N) is 1. The van der Waals surface area contributed by atoms with Crippen LogP contribution in [0, 0.1) is 6.92 Å². The third kappa shape index (κ3) is 3.25. The van der Waals surface area contributed by atoms with E-state index >= 15 is 0 Å². The van der Waals surface area contributed by atoms with Gasteiger partial charge in [0, 0.05) is 28.4 Å². The van der Waals surface area contributed by atoms with Crippen LogP contribution in [0.25, 0.3) is 10.4 Å². The Hall–Kier alpha value is -2.05. The highest BCUT2D eigenvalue weighted by Gasteiger charge is 2.27. The molecule has 1 N–H and O–H groups in total. The standard InChI is InChI=1S/C18H21NO4S/c1-11-4-5-16(24-11)13-8-14-10-19(12(2)18(21)22-3)6-7-23-17(14)15(20)9-13/h4-5,8-9,12,20H,6-7,10H2,1-3H3/t12-/m0/s1. The van der Waals surface area contributed by atoms with Crippen LogP contribution in [0.1, 0.15) is 17.4 Å². The van der Waals surface area contributed by atoms with Crippen molar-refractivity contribution in [1.29, 1.82) is 0 Å². The molecular formula is C18H21NO4S. The molecule has 0 unspecified atom stereocenters. The minimum absolute atomic E-state index is 0.140. The largest absolute Gasteiger partial charge is 0.504 e. The lowest BCUT2D eigenvalue weighted by Gasteiger charge is -2.24. The van der Waals surface area contributed by atoms with Crippen molar-refractivity contribution in [3.8, 4) is 21.9 Å². The number of carbonyl (C=O) groups is 1. The summed E-state index contributed by atoms with van der Waals surface area (Å²) in [5.41, 5.74) is 1.84. The molecule has 1 aromatic carbocycles. The van der Waals surface area contributed by atoms with Crippen molar-refractivity contribution in [3.63, 3.8) is 0 Å². The Bertz CT molecular complexity index is 755. The first-order chi connectivity index (χ1) is 11.5. The Morgan fingerprint density at radius 3 is 2.88 bits per heavy atom. The molecule has 1 aromatic heterocycles. The quantitative estimate of drug-likeness (QED) is 0.864. The first-order valence-corrected chi connectivity index (χ1v) is 8.68. The normalized spacial score (nSPS) is 16.0. The number of carbonyl (C=O) groups excluding carboxylic acids is 1. The lowest BCUT2D eigenvalue weighted by Crippen LogP contribution is -2.40. The molecule has 2 aromatic rings. The molecule has 24 heavy (non-hydrogen) atoms. The van der Waals surface area contributed by atoms with Gasteiger partial charge in [-0.1, -0.05) is 0 Å². The van der Waals surface area contributed by atoms with Gasteiger partial charge in [-0.3, -0.25) is 9.69 Å². The van der Waals surface area contributed by atoms with Gasteiger partial charge in [0.2, 0.25) is 0 Å². The molecule has 0 spiro atoms. The fourth-order valence-electron chi connectivity index (χ4n) is 2.90. The number of methoxy groups -OCH3 is 1. The van der Waals surface area contributed by atoms with E-state index in [0.717, 1.165) is 16.0 Å². The maximum absolute atomic E-state index is 11.8. The highest BCUT2D eigenvalue weighted by molar-refractivity contribution is 7.15. The Morgan fingerprint density at radius 1 is 1.42 bits per heavy atom. The van der Waals surface area contributed by atoms with Crippen LogP contribution in [-0.4, -0.2) is 42.3 Å². The van der Waals surface area contributed by atoms with Crippen LogP contribution in [0.2, 0.25) is 0 Å². The van der Waals surface area contributed by atoms with Crippen molar-refractivity contribution in [2.24, 2.45) is 0 Å². The average molecular weight is 347 g/mol. The van der Waals surface area contributed by atoms with E-state index in [1.165, 1.54) is 12.0 Å². The topological polar surface area (TPSA) is 59.0 Å². The fourth-order valence-corrected chi connectivity index (χ4v) is 3.76. The summed E-state index contributed by atoms with van der Waals surface area (Å²) in [4.78, 5) is 16.2. The molecule has 0 fully saturated rings. The summed E-state index contributed by atoms with van der Waals surface area (Å²) in [5.74, 6) is 0.375. The van der Waals surface area contributed by atoms with Gasteiger partial charge in [-0.05, 0) is 43.7 Å². The SMILES string of the molecule is COC(=O)[C@H](C)N1CCOc2c(O)cc(-c3ccc(C)s3)cc2C1. The second-order valence-corrected chi connectivity index (χ2v) is 7.20. The summed E-state index contributed by atoms with van der Waals surface area (Å²) in [6, 6.07) is 7.52. The number of rotatable bonds is 3. The number of hydrogen-bond donors (Lipinski definition) is 1. The molecule has 0 saturated heterocycles. The summed E-state index contributed by atoms with van der Waals surface area (Å²) in [5, 5.41) is 10.4. The molecular weight excluding hydrogens is 326 g/mol. The lowest BCUT2D eigenvalue weighted by atomic mass is 10.1. The van der Waals surface area contributed by atoms with E-state index in [4.69, 9.17) is 9.47 Å². The summed E-state index contributed by atoms with van der Waals surface area (Å²) >= 11 is 1.68. The monoisotopic (exact) mass is 347 g/mol. The van der Waals surface area contributed by atoms with Gasteiger partial charge < -0.3 is 14.6 Å². The zero-order chi connectivity index (χ0) is 17.3. The average Bonchev–Trinajstić information content (AvgIpc) is 2.88. The van der Waals surface area contributed by atoms with Crippen LogP contribution in [0.4, 0.5) is 0 Å². The Morgan fingerprint density at radius 2 is 2.21 bits per heavy atom. The number of aromatic hydroxyl groups is 1. The minimum atomic E-state index is -0.362. The van der Waals surface area contributed by atoms with E-state index in [2.05, 4.69) is 13.0 Å². The number of esters is 1. The molecule has 0 saturated carbocycles. The zero-order valence-electron chi connectivity index (χ0n) is 14.0. The van der Waals surface area contributed by atoms with Gasteiger partial charge in [0.25, 0.3) is 0 Å². The Balaban J connectivity index is 1.95. The second kappa shape index (κ2) is 6.83. The first kappa shape index (κ1) is 16.8. The fraction of sp³-hybridized carbons (Fsp3) is 0.389. The smallest absolute Gasteiger partial charge is 0.322 e. The van der Waals surface area contributed by atoms with Gasteiger partial charge in [-0.15, -0.1) is 11.3 Å². The number of aryl methyl sites for hydroxylation is 1. The molecule has 1 aliphatic rings. The Labute approximate surface area is 145 Å². The summed E-state index contributed by atoms with van der Waals surface area (Å²) < 4.78 is 10.6. The minimum Gasteiger partial charge on any atom is -0.504 e. The Kier molecular flexibility index (Phi) is 4.78. The van der Waals surface area contributed by atoms with Crippen LogP contribution >= 0.6 is 11.3 Å². The van der Waals surface area contributed by atoms with E-state index in [-0.39, 0.29) is 17.8 Å². The van der Waals surface area contributed by atoms with Crippen LogP contribution in [0.5, 0.6) is 11.5 Å². The molecule has 128 valence electrons. The number of benzene rings is 1. The first-order valence-electron chi connectivity index (χ1n) is 7.87. The van der Waals surface area contributed by atoms with Crippen molar-refractivity contribution in [2.75, 3.05) is 20.3 Å². The molecule has 0 amide bonds. The summed E-state index contributed by atoms with van der Waals surface area (Å²) in [7, 11) is 1.39. The maximum atomic E-state index is 11.8. The molecule has 5 nitrogen and oxygen atoms in total. The predicted octanol–water partition coefficient (Wildman–Crippen LogP) is 3.19. The van der Waals surface area contributed by atoms with E-state index in [0.29, 0.717) is 25.4 Å². The molecule has 0 bridgehead atoms. The van der Waals surface area contributed by atoms with Crippen LogP contribution < -0.4 is 4.74 Å². The van der Waals surface area contributed by atoms with Crippen molar-refractivity contribution >= 4 is 17.3 Å². The number of ether oxygens (including phenoxy) is 2. The number of fused-ring (bicyclic) bond motifs is 1. The van der Waals surface area contributed by atoms with E-state index < -0.39 is 0 Å². The summed E-state index contributed by atoms with van der Waals surface area (Å²) in [6.07, 6.45) is 0. The van der Waals surface area contributed by atoms with Crippen LogP contribution in [0.3, 0.4) is 0 Å². The van der Waals surface area contributed by atoms with Crippen LogP contribution in [0.15, 0.2) is 24.3 Å². The van der Waals surface area contributed by atoms with E-state index in [1.807, 2.05) is 24.0 Å². The molecule has 6 heteroatoms. The van der Waals surface area contributed by atoms with Gasteiger partial charge in [-0.2, -0.15) is 0 Å². The van der Waals surface area contributed by atoms with Crippen molar-refractivity contribution < 1.29 is 19.4 Å². The summed E-state index contributed by atoms with van der Waals surface area (Å²) in [6.45, 7) is 5.41. The molecule has 1 atom stereocenters. The molecule has 0 radical (unpaired) electrons. The third-order valence-electron chi connectivity index (χ3n) is 4.26.